The number of nitrogens with zero attached hydrogens (tertiary/aromatic N) is 2. The van der Waals surface area contributed by atoms with E-state index in [0.29, 0.717) is 55.9 Å². The van der Waals surface area contributed by atoms with Gasteiger partial charge in [-0.1, -0.05) is 6.07 Å². The van der Waals surface area contributed by atoms with Crippen molar-refractivity contribution in [1.82, 2.24) is 9.80 Å². The van der Waals surface area contributed by atoms with Crippen LogP contribution in [-0.2, 0) is 30.4 Å². The molecule has 182 valence electrons. The van der Waals surface area contributed by atoms with Crippen molar-refractivity contribution < 1.29 is 33.7 Å². The molecule has 2 saturated heterocycles. The highest BCUT2D eigenvalue weighted by Crippen LogP contribution is 2.44. The molecule has 4 aliphatic rings. The third-order valence-electron chi connectivity index (χ3n) is 7.87. The van der Waals surface area contributed by atoms with Gasteiger partial charge in [-0.2, -0.15) is 0 Å². The van der Waals surface area contributed by atoms with Crippen LogP contribution in [0.5, 0.6) is 0 Å². The van der Waals surface area contributed by atoms with Crippen molar-refractivity contribution in [2.75, 3.05) is 46.5 Å². The molecule has 1 N–H and O–H groups in total. The van der Waals surface area contributed by atoms with Gasteiger partial charge in [-0.15, -0.1) is 0 Å². The van der Waals surface area contributed by atoms with Gasteiger partial charge in [0.2, 0.25) is 5.91 Å². The lowest BCUT2D eigenvalue weighted by Crippen LogP contribution is -2.45. The minimum absolute atomic E-state index is 0.0636. The number of carbonyl (C=O) groups excluding carboxylic acids is 3. The highest BCUT2D eigenvalue weighted by molar-refractivity contribution is 5.95. The fraction of sp³-hybridized carbons (Fsp3) is 0.560. The smallest absolute Gasteiger partial charge is 0.338 e. The van der Waals surface area contributed by atoms with E-state index in [2.05, 4.69) is 4.90 Å². The summed E-state index contributed by atoms with van der Waals surface area (Å²) in [5.41, 5.74) is 3.79. The Morgan fingerprint density at radius 1 is 1.06 bits per heavy atom. The van der Waals surface area contributed by atoms with Crippen LogP contribution in [0.25, 0.3) is 0 Å². The number of aliphatic hydroxyl groups is 1. The molecule has 1 amide bonds. The summed E-state index contributed by atoms with van der Waals surface area (Å²) in [5, 5.41) is 10.9. The van der Waals surface area contributed by atoms with Crippen LogP contribution >= 0.6 is 0 Å². The molecule has 0 aromatic heterocycles. The summed E-state index contributed by atoms with van der Waals surface area (Å²) in [5.74, 6) is -0.657. The Morgan fingerprint density at radius 2 is 1.76 bits per heavy atom. The fourth-order valence-electron chi connectivity index (χ4n) is 5.73. The highest BCUT2D eigenvalue weighted by Gasteiger charge is 2.50. The Kier molecular flexibility index (Phi) is 5.95. The number of piperidine rings is 1. The van der Waals surface area contributed by atoms with Crippen LogP contribution in [-0.4, -0.2) is 79.3 Å². The van der Waals surface area contributed by atoms with Crippen LogP contribution in [0, 0.1) is 12.3 Å². The number of fused-ring (bicyclic) bond motifs is 1. The molecule has 1 atom stereocenters. The number of aliphatic hydroxyl groups excluding tert-OH is 1. The molecular weight excluding hydrogens is 440 g/mol. The van der Waals surface area contributed by atoms with Gasteiger partial charge in [-0.05, 0) is 56.5 Å². The molecule has 0 aliphatic carbocycles. The number of ether oxygens (including phenoxy) is 3. The second kappa shape index (κ2) is 8.79. The number of amides is 1. The van der Waals surface area contributed by atoms with Crippen LogP contribution in [0.3, 0.4) is 0 Å². The van der Waals surface area contributed by atoms with Gasteiger partial charge in [-0.25, -0.2) is 9.59 Å². The zero-order chi connectivity index (χ0) is 24.0. The van der Waals surface area contributed by atoms with E-state index in [4.69, 9.17) is 14.2 Å². The summed E-state index contributed by atoms with van der Waals surface area (Å²) in [6.45, 7) is 4.89. The Balaban J connectivity index is 1.23. The SMILES string of the molecule is COCC1=C(N2CCC3(CCN(C[C@H](O)c4ccc5c(c4C)COC5=O)CC3)C2=O)COC1=O. The van der Waals surface area contributed by atoms with Crippen molar-refractivity contribution in [3.05, 3.63) is 45.7 Å². The number of benzene rings is 1. The summed E-state index contributed by atoms with van der Waals surface area (Å²) in [7, 11) is 1.52. The lowest BCUT2D eigenvalue weighted by Gasteiger charge is -2.38. The molecule has 4 aliphatic heterocycles. The standard InChI is InChI=1S/C25H30N2O7/c1-15-16(3-4-17-18(15)13-33-22(17)29)21(28)11-26-8-5-25(6-9-26)7-10-27(24(25)31)20-14-34-23(30)19(20)12-32-2/h3-4,21,28H,5-14H2,1-2H3/t21-/m0/s1. The molecule has 5 rings (SSSR count). The zero-order valence-electron chi connectivity index (χ0n) is 19.6. The first-order valence-electron chi connectivity index (χ1n) is 11.7. The van der Waals surface area contributed by atoms with Crippen molar-refractivity contribution in [1.29, 1.82) is 0 Å². The molecule has 34 heavy (non-hydrogen) atoms. The number of hydrogen-bond donors (Lipinski definition) is 1. The molecule has 0 bridgehead atoms. The average molecular weight is 471 g/mol. The van der Waals surface area contributed by atoms with Gasteiger partial charge in [0.05, 0.1) is 35.0 Å². The molecule has 1 aromatic rings. The molecule has 2 fully saturated rings. The van der Waals surface area contributed by atoms with Gasteiger partial charge < -0.3 is 29.1 Å². The summed E-state index contributed by atoms with van der Waals surface area (Å²) in [6.07, 6.45) is 1.48. The van der Waals surface area contributed by atoms with Crippen LogP contribution in [0.4, 0.5) is 0 Å². The Morgan fingerprint density at radius 3 is 2.50 bits per heavy atom. The zero-order valence-corrected chi connectivity index (χ0v) is 19.6. The fourth-order valence-corrected chi connectivity index (χ4v) is 5.73. The Hall–Kier alpha value is -2.75. The van der Waals surface area contributed by atoms with Crippen molar-refractivity contribution in [3.8, 4) is 0 Å². The molecule has 0 unspecified atom stereocenters. The number of cyclic esters (lactones) is 2. The van der Waals surface area contributed by atoms with Gasteiger partial charge in [-0.3, -0.25) is 4.79 Å². The predicted octanol–water partition coefficient (Wildman–Crippen LogP) is 1.47. The van der Waals surface area contributed by atoms with E-state index in [1.165, 1.54) is 7.11 Å². The number of likely N-dealkylation sites (tertiary alicyclic amines) is 2. The first-order valence-corrected chi connectivity index (χ1v) is 11.7. The van der Waals surface area contributed by atoms with E-state index >= 15 is 0 Å². The lowest BCUT2D eigenvalue weighted by molar-refractivity contribution is -0.139. The summed E-state index contributed by atoms with van der Waals surface area (Å²) in [4.78, 5) is 41.1. The maximum atomic E-state index is 13.4. The maximum Gasteiger partial charge on any atom is 0.338 e. The minimum atomic E-state index is -0.686. The normalized spacial score (nSPS) is 23.0. The van der Waals surface area contributed by atoms with E-state index in [0.717, 1.165) is 23.1 Å². The van der Waals surface area contributed by atoms with Gasteiger partial charge in [0.1, 0.15) is 13.2 Å². The second-order valence-corrected chi connectivity index (χ2v) is 9.62. The number of carbonyl (C=O) groups is 3. The van der Waals surface area contributed by atoms with Crippen molar-refractivity contribution in [2.24, 2.45) is 5.41 Å². The molecule has 9 heteroatoms. The monoisotopic (exact) mass is 470 g/mol. The predicted molar refractivity (Wildman–Crippen MR) is 120 cm³/mol. The first kappa shape index (κ1) is 23.0. The van der Waals surface area contributed by atoms with E-state index in [9.17, 15) is 19.5 Å². The van der Waals surface area contributed by atoms with Crippen LogP contribution in [0.15, 0.2) is 23.4 Å². The van der Waals surface area contributed by atoms with E-state index in [-0.39, 0.29) is 31.7 Å². The maximum absolute atomic E-state index is 13.4. The molecule has 1 aromatic carbocycles. The van der Waals surface area contributed by atoms with Crippen LogP contribution in [0.2, 0.25) is 0 Å². The van der Waals surface area contributed by atoms with E-state index in [1.54, 1.807) is 11.0 Å². The van der Waals surface area contributed by atoms with Crippen LogP contribution < -0.4 is 0 Å². The molecule has 4 heterocycles. The Bertz CT molecular complexity index is 1070. The van der Waals surface area contributed by atoms with Gasteiger partial charge in [0.15, 0.2) is 0 Å². The summed E-state index contributed by atoms with van der Waals surface area (Å²) < 4.78 is 15.4. The van der Waals surface area contributed by atoms with Gasteiger partial charge in [0.25, 0.3) is 0 Å². The van der Waals surface area contributed by atoms with Crippen molar-refractivity contribution in [3.63, 3.8) is 0 Å². The lowest BCUT2D eigenvalue weighted by atomic mass is 9.77. The van der Waals surface area contributed by atoms with Crippen molar-refractivity contribution in [2.45, 2.75) is 38.9 Å². The molecule has 9 nitrogen and oxygen atoms in total. The molecule has 1 spiro atoms. The van der Waals surface area contributed by atoms with E-state index < -0.39 is 17.5 Å². The first-order chi connectivity index (χ1) is 16.3. The van der Waals surface area contributed by atoms with Crippen LogP contribution in [0.1, 0.15) is 52.4 Å². The summed E-state index contributed by atoms with van der Waals surface area (Å²) >= 11 is 0. The number of esters is 2. The number of methoxy groups -OCH3 is 1. The highest BCUT2D eigenvalue weighted by atomic mass is 16.5. The average Bonchev–Trinajstić information content (AvgIpc) is 3.48. The van der Waals surface area contributed by atoms with Gasteiger partial charge in [0, 0.05) is 25.8 Å². The largest absolute Gasteiger partial charge is 0.457 e. The topological polar surface area (TPSA) is 106 Å². The second-order valence-electron chi connectivity index (χ2n) is 9.62. The summed E-state index contributed by atoms with van der Waals surface area (Å²) in [6, 6.07) is 3.54. The van der Waals surface area contributed by atoms with E-state index in [1.807, 2.05) is 13.0 Å². The number of rotatable bonds is 6. The quantitative estimate of drug-likeness (QED) is 0.624. The molecule has 0 radical (unpaired) electrons. The van der Waals surface area contributed by atoms with Crippen molar-refractivity contribution >= 4 is 17.8 Å². The third-order valence-corrected chi connectivity index (χ3v) is 7.87. The molecule has 0 saturated carbocycles. The minimum Gasteiger partial charge on any atom is -0.457 e. The molecular formula is C25H30N2O7. The third kappa shape index (κ3) is 3.72. The van der Waals surface area contributed by atoms with Gasteiger partial charge >= 0.3 is 11.9 Å². The number of hydrogen-bond acceptors (Lipinski definition) is 8. The Labute approximate surface area is 198 Å². The number of β-amino-alcohol motifs (C(OH)–C–C–N with tert-alkyl or cyclic N) is 1.